The van der Waals surface area contributed by atoms with Crippen LogP contribution in [0.2, 0.25) is 0 Å². The zero-order valence-electron chi connectivity index (χ0n) is 14.4. The van der Waals surface area contributed by atoms with Crippen molar-refractivity contribution in [1.82, 2.24) is 14.9 Å². The Morgan fingerprint density at radius 2 is 2.00 bits per heavy atom. The second kappa shape index (κ2) is 7.35. The molecule has 3 aromatic rings. The number of aliphatic hydroxyl groups excluding tert-OH is 1. The van der Waals surface area contributed by atoms with Crippen LogP contribution in [-0.4, -0.2) is 45.7 Å². The van der Waals surface area contributed by atoms with Gasteiger partial charge in [-0.05, 0) is 35.7 Å². The lowest BCUT2D eigenvalue weighted by Crippen LogP contribution is -2.39. The Morgan fingerprint density at radius 3 is 2.88 bits per heavy atom. The summed E-state index contributed by atoms with van der Waals surface area (Å²) in [7, 11) is 0. The van der Waals surface area contributed by atoms with Crippen LogP contribution in [0, 0.1) is 5.82 Å². The van der Waals surface area contributed by atoms with Crippen LogP contribution in [0.15, 0.2) is 48.8 Å². The number of fused-ring (bicyclic) bond motifs is 2. The fourth-order valence-corrected chi connectivity index (χ4v) is 3.46. The van der Waals surface area contributed by atoms with E-state index in [4.69, 9.17) is 0 Å². The summed E-state index contributed by atoms with van der Waals surface area (Å²) in [5.74, 6) is 0.209. The van der Waals surface area contributed by atoms with E-state index in [1.807, 2.05) is 0 Å². The van der Waals surface area contributed by atoms with Gasteiger partial charge in [-0.1, -0.05) is 24.3 Å². The van der Waals surface area contributed by atoms with Gasteiger partial charge >= 0.3 is 0 Å². The minimum Gasteiger partial charge on any atom is -0.390 e. The molecule has 2 N–H and O–H groups in total. The molecule has 2 heterocycles. The summed E-state index contributed by atoms with van der Waals surface area (Å²) in [5, 5.41) is 14.2. The molecule has 134 valence electrons. The molecule has 1 aromatic heterocycles. The van der Waals surface area contributed by atoms with Crippen molar-refractivity contribution in [2.75, 3.05) is 25.0 Å². The van der Waals surface area contributed by atoms with E-state index in [0.717, 1.165) is 19.5 Å². The Balaban J connectivity index is 1.38. The Kier molecular flexibility index (Phi) is 4.77. The predicted molar refractivity (Wildman–Crippen MR) is 99.4 cm³/mol. The number of hydrogen-bond donors (Lipinski definition) is 2. The monoisotopic (exact) mass is 352 g/mol. The topological polar surface area (TPSA) is 61.3 Å². The minimum atomic E-state index is -0.543. The summed E-state index contributed by atoms with van der Waals surface area (Å²) >= 11 is 0. The fraction of sp³-hybridized carbons (Fsp3) is 0.300. The standard InChI is InChI=1S/C20H21FN4O/c21-16-5-6-19-18(9-16)20(24-13-23-19)22-10-17(26)12-25-8-7-14-3-1-2-4-15(14)11-25/h1-6,9,13,17,26H,7-8,10-12H2,(H,22,23,24). The maximum absolute atomic E-state index is 13.5. The van der Waals surface area contributed by atoms with Gasteiger partial charge < -0.3 is 10.4 Å². The third-order valence-corrected chi connectivity index (χ3v) is 4.78. The number of hydrogen-bond acceptors (Lipinski definition) is 5. The third kappa shape index (κ3) is 3.66. The number of rotatable bonds is 5. The molecular formula is C20H21FN4O. The van der Waals surface area contributed by atoms with Gasteiger partial charge in [-0.3, -0.25) is 4.90 Å². The zero-order chi connectivity index (χ0) is 17.9. The molecule has 0 radical (unpaired) electrons. The molecule has 4 rings (SSSR count). The van der Waals surface area contributed by atoms with Crippen LogP contribution in [-0.2, 0) is 13.0 Å². The number of nitrogens with one attached hydrogen (secondary N) is 1. The smallest absolute Gasteiger partial charge is 0.137 e. The molecule has 1 unspecified atom stereocenters. The predicted octanol–water partition coefficient (Wildman–Crippen LogP) is 2.60. The number of benzene rings is 2. The number of halogens is 1. The molecule has 1 atom stereocenters. The summed E-state index contributed by atoms with van der Waals surface area (Å²) in [6, 6.07) is 12.9. The van der Waals surface area contributed by atoms with Crippen molar-refractivity contribution in [1.29, 1.82) is 0 Å². The lowest BCUT2D eigenvalue weighted by atomic mass is 10.00. The van der Waals surface area contributed by atoms with Gasteiger partial charge in [-0.2, -0.15) is 0 Å². The van der Waals surface area contributed by atoms with E-state index >= 15 is 0 Å². The summed E-state index contributed by atoms with van der Waals surface area (Å²) in [4.78, 5) is 10.6. The highest BCUT2D eigenvalue weighted by molar-refractivity contribution is 5.88. The highest BCUT2D eigenvalue weighted by Gasteiger charge is 2.18. The molecule has 26 heavy (non-hydrogen) atoms. The van der Waals surface area contributed by atoms with E-state index in [1.54, 1.807) is 6.07 Å². The van der Waals surface area contributed by atoms with Crippen LogP contribution < -0.4 is 5.32 Å². The van der Waals surface area contributed by atoms with E-state index in [9.17, 15) is 9.50 Å². The van der Waals surface area contributed by atoms with Gasteiger partial charge in [0.15, 0.2) is 0 Å². The molecule has 2 aromatic carbocycles. The molecule has 6 heteroatoms. The molecular weight excluding hydrogens is 331 g/mol. The number of β-amino-alcohol motifs (C(OH)–C–C–N with tert-alkyl or cyclic N) is 1. The molecule has 0 amide bonds. The van der Waals surface area contributed by atoms with Gasteiger partial charge in [0.25, 0.3) is 0 Å². The average molecular weight is 352 g/mol. The Labute approximate surface area is 151 Å². The molecule has 0 saturated carbocycles. The van der Waals surface area contributed by atoms with E-state index in [1.165, 1.54) is 29.6 Å². The summed E-state index contributed by atoms with van der Waals surface area (Å²) < 4.78 is 13.5. The van der Waals surface area contributed by atoms with Crippen LogP contribution in [0.1, 0.15) is 11.1 Å². The first-order valence-electron chi connectivity index (χ1n) is 8.80. The van der Waals surface area contributed by atoms with Gasteiger partial charge in [-0.25, -0.2) is 14.4 Å². The van der Waals surface area contributed by atoms with Crippen LogP contribution in [0.25, 0.3) is 10.9 Å². The minimum absolute atomic E-state index is 0.331. The number of nitrogens with zero attached hydrogens (tertiary/aromatic N) is 3. The SMILES string of the molecule is OC(CNc1ncnc2ccc(F)cc12)CN1CCc2ccccc2C1. The van der Waals surface area contributed by atoms with E-state index in [2.05, 4.69) is 44.5 Å². The van der Waals surface area contributed by atoms with Crippen molar-refractivity contribution in [2.45, 2.75) is 19.1 Å². The molecule has 0 fully saturated rings. The lowest BCUT2D eigenvalue weighted by molar-refractivity contribution is 0.114. The van der Waals surface area contributed by atoms with Crippen molar-refractivity contribution in [2.24, 2.45) is 0 Å². The maximum Gasteiger partial charge on any atom is 0.137 e. The van der Waals surface area contributed by atoms with Crippen molar-refractivity contribution >= 4 is 16.7 Å². The number of aromatic nitrogens is 2. The van der Waals surface area contributed by atoms with Crippen molar-refractivity contribution in [3.05, 3.63) is 65.7 Å². The maximum atomic E-state index is 13.5. The van der Waals surface area contributed by atoms with Gasteiger partial charge in [0.05, 0.1) is 11.6 Å². The van der Waals surface area contributed by atoms with Gasteiger partial charge in [-0.15, -0.1) is 0 Å². The summed E-state index contributed by atoms with van der Waals surface area (Å²) in [5.41, 5.74) is 3.40. The normalized spacial score (nSPS) is 15.6. The second-order valence-corrected chi connectivity index (χ2v) is 6.67. The average Bonchev–Trinajstić information content (AvgIpc) is 2.66. The van der Waals surface area contributed by atoms with E-state index in [-0.39, 0.29) is 5.82 Å². The summed E-state index contributed by atoms with van der Waals surface area (Å²) in [6.07, 6.45) is 1.90. The van der Waals surface area contributed by atoms with Crippen LogP contribution >= 0.6 is 0 Å². The van der Waals surface area contributed by atoms with Crippen molar-refractivity contribution < 1.29 is 9.50 Å². The Hall–Kier alpha value is -2.57. The first-order valence-corrected chi connectivity index (χ1v) is 8.80. The quantitative estimate of drug-likeness (QED) is 0.739. The van der Waals surface area contributed by atoms with Crippen LogP contribution in [0.4, 0.5) is 10.2 Å². The highest BCUT2D eigenvalue weighted by atomic mass is 19.1. The van der Waals surface area contributed by atoms with Crippen molar-refractivity contribution in [3.8, 4) is 0 Å². The zero-order valence-corrected chi connectivity index (χ0v) is 14.4. The van der Waals surface area contributed by atoms with E-state index < -0.39 is 6.10 Å². The lowest BCUT2D eigenvalue weighted by Gasteiger charge is -2.30. The van der Waals surface area contributed by atoms with E-state index in [0.29, 0.717) is 29.8 Å². The summed E-state index contributed by atoms with van der Waals surface area (Å²) in [6.45, 7) is 2.73. The van der Waals surface area contributed by atoms with Gasteiger partial charge in [0.2, 0.25) is 0 Å². The van der Waals surface area contributed by atoms with Crippen molar-refractivity contribution in [3.63, 3.8) is 0 Å². The van der Waals surface area contributed by atoms with Crippen LogP contribution in [0.5, 0.6) is 0 Å². The first kappa shape index (κ1) is 16.9. The molecule has 0 spiro atoms. The molecule has 5 nitrogen and oxygen atoms in total. The molecule has 0 aliphatic carbocycles. The van der Waals surface area contributed by atoms with Gasteiger partial charge in [0.1, 0.15) is 18.0 Å². The molecule has 1 aliphatic heterocycles. The highest BCUT2D eigenvalue weighted by Crippen LogP contribution is 2.21. The first-order chi connectivity index (χ1) is 12.7. The fourth-order valence-electron chi connectivity index (χ4n) is 3.46. The molecule has 0 bridgehead atoms. The number of aliphatic hydroxyl groups is 1. The largest absolute Gasteiger partial charge is 0.390 e. The van der Waals surface area contributed by atoms with Gasteiger partial charge in [0, 0.05) is 31.6 Å². The Bertz CT molecular complexity index is 917. The second-order valence-electron chi connectivity index (χ2n) is 6.67. The third-order valence-electron chi connectivity index (χ3n) is 4.78. The molecule has 1 aliphatic rings. The number of anilines is 1. The van der Waals surface area contributed by atoms with Crippen LogP contribution in [0.3, 0.4) is 0 Å². The molecule has 0 saturated heterocycles. The Morgan fingerprint density at radius 1 is 1.15 bits per heavy atom.